The second-order valence-electron chi connectivity index (χ2n) is 5.52. The minimum absolute atomic E-state index is 0. The minimum atomic E-state index is -0.106. The fraction of sp³-hybridized carbons (Fsp3) is 0.562. The van der Waals surface area contributed by atoms with Crippen LogP contribution in [0.15, 0.2) is 24.3 Å². The molecule has 0 aliphatic carbocycles. The summed E-state index contributed by atoms with van der Waals surface area (Å²) in [5, 5.41) is 3.26. The number of amides is 1. The molecule has 22 heavy (non-hydrogen) atoms. The molecule has 1 fully saturated rings. The lowest BCUT2D eigenvalue weighted by Crippen LogP contribution is -2.49. The largest absolute Gasteiger partial charge is 0.486 e. The summed E-state index contributed by atoms with van der Waals surface area (Å²) in [4.78, 5) is 14.3. The summed E-state index contributed by atoms with van der Waals surface area (Å²) in [6, 6.07) is 7.63. The van der Waals surface area contributed by atoms with Crippen molar-refractivity contribution in [3.05, 3.63) is 24.3 Å². The number of hydrogen-bond acceptors (Lipinski definition) is 4. The van der Waals surface area contributed by atoms with Gasteiger partial charge in [-0.1, -0.05) is 12.1 Å². The third-order valence-corrected chi connectivity index (χ3v) is 4.04. The number of rotatable bonds is 4. The molecular weight excluding hydrogens is 304 g/mol. The van der Waals surface area contributed by atoms with Crippen LogP contribution >= 0.6 is 12.4 Å². The molecule has 1 saturated heterocycles. The third-order valence-electron chi connectivity index (χ3n) is 4.04. The van der Waals surface area contributed by atoms with E-state index < -0.39 is 0 Å². The van der Waals surface area contributed by atoms with Gasteiger partial charge in [0.15, 0.2) is 17.6 Å². The van der Waals surface area contributed by atoms with Gasteiger partial charge in [0.1, 0.15) is 6.61 Å². The molecule has 0 saturated carbocycles. The second-order valence-corrected chi connectivity index (χ2v) is 5.52. The highest BCUT2D eigenvalue weighted by atomic mass is 35.5. The standard InChI is InChI=1S/C16H22N2O3.ClH/c1-2-18(16(19)13-6-5-9-17-13)10-12-11-20-14-7-3-4-8-15(14)21-12;/h3-4,7-8,12-13,17H,2,5-6,9-11H2,1H3;1H/t12?,13-;/m0./s1. The average Bonchev–Trinajstić information content (AvgIpc) is 3.06. The van der Waals surface area contributed by atoms with E-state index in [9.17, 15) is 4.79 Å². The van der Waals surface area contributed by atoms with Crippen molar-refractivity contribution in [3.63, 3.8) is 0 Å². The lowest BCUT2D eigenvalue weighted by Gasteiger charge is -2.32. The summed E-state index contributed by atoms with van der Waals surface area (Å²) in [6.45, 7) is 4.69. The molecule has 2 atom stereocenters. The lowest BCUT2D eigenvalue weighted by molar-refractivity contribution is -0.134. The Morgan fingerprint density at radius 1 is 1.36 bits per heavy atom. The van der Waals surface area contributed by atoms with Crippen molar-refractivity contribution < 1.29 is 14.3 Å². The van der Waals surface area contributed by atoms with Crippen molar-refractivity contribution >= 4 is 18.3 Å². The van der Waals surface area contributed by atoms with Crippen LogP contribution in [-0.4, -0.2) is 49.2 Å². The van der Waals surface area contributed by atoms with Crippen LogP contribution < -0.4 is 14.8 Å². The van der Waals surface area contributed by atoms with Crippen molar-refractivity contribution in [1.82, 2.24) is 10.2 Å². The Labute approximate surface area is 137 Å². The van der Waals surface area contributed by atoms with Crippen molar-refractivity contribution in [3.8, 4) is 11.5 Å². The molecule has 1 unspecified atom stereocenters. The number of fused-ring (bicyclic) bond motifs is 1. The van der Waals surface area contributed by atoms with Crippen molar-refractivity contribution in [1.29, 1.82) is 0 Å². The zero-order valence-corrected chi connectivity index (χ0v) is 13.6. The van der Waals surface area contributed by atoms with Gasteiger partial charge in [-0.15, -0.1) is 12.4 Å². The molecule has 1 amide bonds. The van der Waals surface area contributed by atoms with Gasteiger partial charge in [0, 0.05) is 6.54 Å². The molecule has 1 aromatic rings. The Balaban J connectivity index is 0.00000176. The summed E-state index contributed by atoms with van der Waals surface area (Å²) in [5.41, 5.74) is 0. The molecule has 0 bridgehead atoms. The highest BCUT2D eigenvalue weighted by Crippen LogP contribution is 2.31. The quantitative estimate of drug-likeness (QED) is 0.917. The highest BCUT2D eigenvalue weighted by molar-refractivity contribution is 5.85. The van der Waals surface area contributed by atoms with Crippen LogP contribution in [-0.2, 0) is 4.79 Å². The Kier molecular flexibility index (Phi) is 5.91. The monoisotopic (exact) mass is 326 g/mol. The molecule has 3 rings (SSSR count). The first-order valence-electron chi connectivity index (χ1n) is 7.68. The minimum Gasteiger partial charge on any atom is -0.486 e. The van der Waals surface area contributed by atoms with E-state index in [1.54, 1.807) is 0 Å². The van der Waals surface area contributed by atoms with E-state index in [2.05, 4.69) is 5.32 Å². The molecule has 0 aromatic heterocycles. The number of carbonyl (C=O) groups excluding carboxylic acids is 1. The number of benzene rings is 1. The molecule has 0 radical (unpaired) electrons. The van der Waals surface area contributed by atoms with E-state index in [1.807, 2.05) is 36.1 Å². The van der Waals surface area contributed by atoms with Crippen LogP contribution in [0.3, 0.4) is 0 Å². The van der Waals surface area contributed by atoms with Gasteiger partial charge in [-0.3, -0.25) is 4.79 Å². The van der Waals surface area contributed by atoms with E-state index in [0.717, 1.165) is 30.9 Å². The van der Waals surface area contributed by atoms with Gasteiger partial charge in [-0.2, -0.15) is 0 Å². The van der Waals surface area contributed by atoms with Crippen molar-refractivity contribution in [2.75, 3.05) is 26.2 Å². The second kappa shape index (κ2) is 7.70. The van der Waals surface area contributed by atoms with Crippen molar-refractivity contribution in [2.24, 2.45) is 0 Å². The smallest absolute Gasteiger partial charge is 0.239 e. The summed E-state index contributed by atoms with van der Waals surface area (Å²) in [6.07, 6.45) is 1.90. The maximum atomic E-state index is 12.5. The fourth-order valence-electron chi connectivity index (χ4n) is 2.89. The SMILES string of the molecule is CCN(CC1COc2ccccc2O1)C(=O)[C@@H]1CCCN1.Cl. The van der Waals surface area contributed by atoms with Gasteiger partial charge in [-0.25, -0.2) is 0 Å². The topological polar surface area (TPSA) is 50.8 Å². The molecule has 5 nitrogen and oxygen atoms in total. The van der Waals surface area contributed by atoms with E-state index in [1.165, 1.54) is 0 Å². The van der Waals surface area contributed by atoms with E-state index in [-0.39, 0.29) is 30.5 Å². The first-order chi connectivity index (χ1) is 10.3. The van der Waals surface area contributed by atoms with Gasteiger partial charge in [0.25, 0.3) is 0 Å². The van der Waals surface area contributed by atoms with Gasteiger partial charge in [-0.05, 0) is 38.4 Å². The molecule has 1 aromatic carbocycles. The molecule has 1 N–H and O–H groups in total. The van der Waals surface area contributed by atoms with Crippen LogP contribution in [0, 0.1) is 0 Å². The van der Waals surface area contributed by atoms with Gasteiger partial charge >= 0.3 is 0 Å². The normalized spacial score (nSPS) is 22.8. The summed E-state index contributed by atoms with van der Waals surface area (Å²) < 4.78 is 11.6. The number of carbonyl (C=O) groups is 1. The average molecular weight is 327 g/mol. The molecular formula is C16H23ClN2O3. The van der Waals surface area contributed by atoms with Crippen LogP contribution in [0.2, 0.25) is 0 Å². The number of likely N-dealkylation sites (N-methyl/N-ethyl adjacent to an activating group) is 1. The molecule has 2 aliphatic rings. The summed E-state index contributed by atoms with van der Waals surface area (Å²) in [7, 11) is 0. The Morgan fingerprint density at radius 2 is 2.14 bits per heavy atom. The Bertz CT molecular complexity index is 506. The van der Waals surface area contributed by atoms with E-state index in [4.69, 9.17) is 9.47 Å². The van der Waals surface area contributed by atoms with E-state index in [0.29, 0.717) is 19.7 Å². The number of nitrogens with zero attached hydrogens (tertiary/aromatic N) is 1. The Hall–Kier alpha value is -1.46. The van der Waals surface area contributed by atoms with Gasteiger partial charge < -0.3 is 19.7 Å². The number of hydrogen-bond donors (Lipinski definition) is 1. The van der Waals surface area contributed by atoms with E-state index >= 15 is 0 Å². The van der Waals surface area contributed by atoms with Crippen molar-refractivity contribution in [2.45, 2.75) is 31.9 Å². The molecule has 6 heteroatoms. The zero-order valence-electron chi connectivity index (χ0n) is 12.8. The lowest BCUT2D eigenvalue weighted by atomic mass is 10.2. The number of nitrogens with one attached hydrogen (secondary N) is 1. The predicted molar refractivity (Wildman–Crippen MR) is 86.9 cm³/mol. The third kappa shape index (κ3) is 3.65. The number of halogens is 1. The molecule has 0 spiro atoms. The Morgan fingerprint density at radius 3 is 2.82 bits per heavy atom. The first-order valence-corrected chi connectivity index (χ1v) is 7.68. The molecule has 2 aliphatic heterocycles. The number of para-hydroxylation sites is 2. The molecule has 2 heterocycles. The fourth-order valence-corrected chi connectivity index (χ4v) is 2.89. The van der Waals surface area contributed by atoms with Crippen LogP contribution in [0.1, 0.15) is 19.8 Å². The van der Waals surface area contributed by atoms with Crippen LogP contribution in [0.25, 0.3) is 0 Å². The number of ether oxygens (including phenoxy) is 2. The maximum Gasteiger partial charge on any atom is 0.239 e. The van der Waals surface area contributed by atoms with Crippen LogP contribution in [0.4, 0.5) is 0 Å². The van der Waals surface area contributed by atoms with Crippen LogP contribution in [0.5, 0.6) is 11.5 Å². The maximum absolute atomic E-state index is 12.5. The zero-order chi connectivity index (χ0) is 14.7. The highest BCUT2D eigenvalue weighted by Gasteiger charge is 2.29. The summed E-state index contributed by atoms with van der Waals surface area (Å²) in [5.74, 6) is 1.72. The molecule has 122 valence electrons. The van der Waals surface area contributed by atoms with Gasteiger partial charge in [0.2, 0.25) is 5.91 Å². The predicted octanol–water partition coefficient (Wildman–Crippen LogP) is 1.85. The van der Waals surface area contributed by atoms with Gasteiger partial charge in [0.05, 0.1) is 12.6 Å². The summed E-state index contributed by atoms with van der Waals surface area (Å²) >= 11 is 0. The first kappa shape index (κ1) is 16.9.